The molecule has 8 heteroatoms. The molecule has 1 saturated heterocycles. The van der Waals surface area contributed by atoms with Gasteiger partial charge in [0.05, 0.1) is 18.8 Å². The number of H-pyrrole nitrogens is 1. The fourth-order valence-electron chi connectivity index (χ4n) is 2.91. The molecule has 0 unspecified atom stereocenters. The van der Waals surface area contributed by atoms with Crippen molar-refractivity contribution in [2.24, 2.45) is 0 Å². The van der Waals surface area contributed by atoms with Crippen LogP contribution in [0.5, 0.6) is 0 Å². The monoisotopic (exact) mass is 332 g/mol. The second-order valence-corrected chi connectivity index (χ2v) is 5.99. The molecule has 3 rings (SSSR count). The summed E-state index contributed by atoms with van der Waals surface area (Å²) in [7, 11) is 0. The van der Waals surface area contributed by atoms with E-state index in [1.165, 1.54) is 0 Å². The van der Waals surface area contributed by atoms with Gasteiger partial charge in [0.25, 0.3) is 5.91 Å². The quantitative estimate of drug-likeness (QED) is 0.896. The van der Waals surface area contributed by atoms with E-state index in [0.717, 1.165) is 24.4 Å². The van der Waals surface area contributed by atoms with Crippen molar-refractivity contribution in [1.82, 2.24) is 29.9 Å². The maximum atomic E-state index is 12.8. The van der Waals surface area contributed by atoms with Gasteiger partial charge in [0.15, 0.2) is 5.82 Å². The Morgan fingerprint density at radius 1 is 1.46 bits per heavy atom. The minimum atomic E-state index is -0.288. The number of hydrogen-bond donors (Lipinski definition) is 1. The zero-order chi connectivity index (χ0) is 17.1. The summed E-state index contributed by atoms with van der Waals surface area (Å²) < 4.78 is 7.52. The first kappa shape index (κ1) is 16.6. The Morgan fingerprint density at radius 3 is 3.04 bits per heavy atom. The van der Waals surface area contributed by atoms with Crippen LogP contribution < -0.4 is 0 Å². The molecule has 24 heavy (non-hydrogen) atoms. The number of amides is 1. The molecule has 2 aromatic heterocycles. The van der Waals surface area contributed by atoms with Crippen LogP contribution in [0, 0.1) is 6.92 Å². The van der Waals surface area contributed by atoms with Crippen molar-refractivity contribution in [3.05, 3.63) is 29.1 Å². The third-order valence-electron chi connectivity index (χ3n) is 4.10. The normalized spacial score (nSPS) is 18.1. The molecule has 0 spiro atoms. The lowest BCUT2D eigenvalue weighted by molar-refractivity contribution is -0.0270. The molecule has 0 saturated carbocycles. The Kier molecular flexibility index (Phi) is 4.94. The number of carbonyl (C=O) groups is 1. The Hall–Kier alpha value is -2.22. The first-order valence-electron chi connectivity index (χ1n) is 8.48. The Bertz CT molecular complexity index is 707. The number of rotatable bonds is 5. The molecule has 3 heterocycles. The predicted octanol–water partition coefficient (Wildman–Crippen LogP) is 1.50. The third-order valence-corrected chi connectivity index (χ3v) is 4.10. The number of hydrogen-bond acceptors (Lipinski definition) is 5. The molecule has 2 aromatic rings. The molecule has 0 aliphatic carbocycles. The topological polar surface area (TPSA) is 88.9 Å². The molecule has 1 aliphatic heterocycles. The van der Waals surface area contributed by atoms with Crippen LogP contribution in [-0.4, -0.2) is 55.5 Å². The van der Waals surface area contributed by atoms with Crippen LogP contribution in [0.2, 0.25) is 0 Å². The number of aryl methyl sites for hydroxylation is 3. The van der Waals surface area contributed by atoms with Crippen molar-refractivity contribution in [3.63, 3.8) is 0 Å². The lowest BCUT2D eigenvalue weighted by atomic mass is 10.2. The average Bonchev–Trinajstić information content (AvgIpc) is 3.21. The summed E-state index contributed by atoms with van der Waals surface area (Å²) in [6, 6.07) is 1.84. The third kappa shape index (κ3) is 3.33. The fourth-order valence-corrected chi connectivity index (χ4v) is 2.91. The van der Waals surface area contributed by atoms with E-state index in [1.54, 1.807) is 9.58 Å². The number of nitrogens with one attached hydrogen (secondary N) is 1. The highest BCUT2D eigenvalue weighted by Crippen LogP contribution is 2.21. The van der Waals surface area contributed by atoms with Crippen molar-refractivity contribution in [3.8, 4) is 0 Å². The van der Waals surface area contributed by atoms with E-state index in [9.17, 15) is 4.79 Å². The van der Waals surface area contributed by atoms with Gasteiger partial charge in [-0.25, -0.2) is 4.98 Å². The summed E-state index contributed by atoms with van der Waals surface area (Å²) >= 11 is 0. The fraction of sp³-hybridized carbons (Fsp3) is 0.625. The largest absolute Gasteiger partial charge is 0.366 e. The molecule has 1 aliphatic rings. The molecule has 0 radical (unpaired) electrons. The number of carbonyl (C=O) groups excluding carboxylic acids is 1. The summed E-state index contributed by atoms with van der Waals surface area (Å²) in [6.07, 6.45) is 1.58. The minimum absolute atomic E-state index is 0.0185. The minimum Gasteiger partial charge on any atom is -0.366 e. The van der Waals surface area contributed by atoms with Crippen LogP contribution in [0.4, 0.5) is 0 Å². The van der Waals surface area contributed by atoms with Crippen molar-refractivity contribution in [2.45, 2.75) is 46.3 Å². The molecule has 0 aromatic carbocycles. The van der Waals surface area contributed by atoms with E-state index in [1.807, 2.05) is 19.9 Å². The van der Waals surface area contributed by atoms with Crippen molar-refractivity contribution in [2.75, 3.05) is 19.7 Å². The predicted molar refractivity (Wildman–Crippen MR) is 87.6 cm³/mol. The lowest BCUT2D eigenvalue weighted by Gasteiger charge is -2.31. The number of aromatic nitrogens is 5. The van der Waals surface area contributed by atoms with Crippen LogP contribution in [0.25, 0.3) is 0 Å². The van der Waals surface area contributed by atoms with Crippen LogP contribution in [-0.2, 0) is 17.7 Å². The van der Waals surface area contributed by atoms with Gasteiger partial charge in [0.1, 0.15) is 17.6 Å². The van der Waals surface area contributed by atoms with E-state index in [4.69, 9.17) is 4.74 Å². The number of morpholine rings is 1. The number of nitrogens with zero attached hydrogens (tertiary/aromatic N) is 5. The van der Waals surface area contributed by atoms with Crippen molar-refractivity contribution in [1.29, 1.82) is 0 Å². The van der Waals surface area contributed by atoms with Crippen LogP contribution in [0.1, 0.15) is 54.2 Å². The van der Waals surface area contributed by atoms with Gasteiger partial charge >= 0.3 is 0 Å². The van der Waals surface area contributed by atoms with E-state index in [-0.39, 0.29) is 12.0 Å². The summed E-state index contributed by atoms with van der Waals surface area (Å²) in [5.74, 6) is 1.46. The highest BCUT2D eigenvalue weighted by molar-refractivity contribution is 5.92. The van der Waals surface area contributed by atoms with E-state index in [2.05, 4.69) is 27.2 Å². The first-order valence-corrected chi connectivity index (χ1v) is 8.48. The van der Waals surface area contributed by atoms with E-state index < -0.39 is 0 Å². The Morgan fingerprint density at radius 2 is 2.29 bits per heavy atom. The second-order valence-electron chi connectivity index (χ2n) is 5.99. The molecule has 1 atom stereocenters. The summed E-state index contributed by atoms with van der Waals surface area (Å²) in [5.41, 5.74) is 1.47. The lowest BCUT2D eigenvalue weighted by Crippen LogP contribution is -2.43. The molecule has 1 amide bonds. The Balaban J connectivity index is 1.73. The molecule has 0 bridgehead atoms. The van der Waals surface area contributed by atoms with Crippen LogP contribution >= 0.6 is 0 Å². The second kappa shape index (κ2) is 7.12. The van der Waals surface area contributed by atoms with Gasteiger partial charge in [-0.3, -0.25) is 14.6 Å². The van der Waals surface area contributed by atoms with Gasteiger partial charge in [-0.1, -0.05) is 6.92 Å². The zero-order valence-corrected chi connectivity index (χ0v) is 14.4. The molecular formula is C16H24N6O2. The highest BCUT2D eigenvalue weighted by atomic mass is 16.5. The average molecular weight is 332 g/mol. The molecule has 8 nitrogen and oxygen atoms in total. The van der Waals surface area contributed by atoms with E-state index in [0.29, 0.717) is 37.8 Å². The molecule has 1 fully saturated rings. The molecular weight excluding hydrogens is 308 g/mol. The summed E-state index contributed by atoms with van der Waals surface area (Å²) in [4.78, 5) is 19.1. The summed E-state index contributed by atoms with van der Waals surface area (Å²) in [5, 5.41) is 11.5. The maximum absolute atomic E-state index is 12.8. The van der Waals surface area contributed by atoms with Gasteiger partial charge in [-0.05, 0) is 26.3 Å². The van der Waals surface area contributed by atoms with Crippen molar-refractivity contribution < 1.29 is 9.53 Å². The number of ether oxygens (including phenoxy) is 1. The standard InChI is InChI=1S/C16H24N6O2/c1-4-6-14-17-15(19-18-14)13-10-21(7-8-24-13)16(23)12-9-11(3)20-22(12)5-2/h9,13H,4-8,10H2,1-3H3,(H,17,18,19)/t13-/m1/s1. The van der Waals surface area contributed by atoms with Gasteiger partial charge in [0, 0.05) is 19.5 Å². The molecule has 1 N–H and O–H groups in total. The number of aromatic amines is 1. The smallest absolute Gasteiger partial charge is 0.272 e. The molecule has 130 valence electrons. The Labute approximate surface area is 141 Å². The van der Waals surface area contributed by atoms with Gasteiger partial charge in [0.2, 0.25) is 0 Å². The maximum Gasteiger partial charge on any atom is 0.272 e. The van der Waals surface area contributed by atoms with Crippen molar-refractivity contribution >= 4 is 5.91 Å². The van der Waals surface area contributed by atoms with Crippen LogP contribution in [0.3, 0.4) is 0 Å². The van der Waals surface area contributed by atoms with E-state index >= 15 is 0 Å². The van der Waals surface area contributed by atoms with Gasteiger partial charge in [-0.2, -0.15) is 10.2 Å². The first-order chi connectivity index (χ1) is 11.6. The summed E-state index contributed by atoms with van der Waals surface area (Å²) in [6.45, 7) is 8.14. The SMILES string of the molecule is CCCc1nc([C@H]2CN(C(=O)c3cc(C)nn3CC)CCO2)n[nH]1. The van der Waals surface area contributed by atoms with Crippen LogP contribution in [0.15, 0.2) is 6.07 Å². The highest BCUT2D eigenvalue weighted by Gasteiger charge is 2.30. The van der Waals surface area contributed by atoms with Gasteiger partial charge in [-0.15, -0.1) is 0 Å². The zero-order valence-electron chi connectivity index (χ0n) is 14.4. The van der Waals surface area contributed by atoms with Gasteiger partial charge < -0.3 is 9.64 Å².